The van der Waals surface area contributed by atoms with Gasteiger partial charge in [0.15, 0.2) is 5.65 Å². The Labute approximate surface area is 148 Å². The van der Waals surface area contributed by atoms with E-state index in [1.807, 2.05) is 0 Å². The molecule has 2 aromatic heterocycles. The number of aromatic nitrogens is 3. The van der Waals surface area contributed by atoms with E-state index in [9.17, 15) is 27.2 Å². The number of benzene rings is 1. The number of halogens is 4. The van der Waals surface area contributed by atoms with Crippen LogP contribution in [0.5, 0.6) is 0 Å². The average molecular weight is 380 g/mol. The molecule has 0 saturated heterocycles. The predicted octanol–water partition coefficient (Wildman–Crippen LogP) is 2.60. The molecule has 1 fully saturated rings. The lowest BCUT2D eigenvalue weighted by molar-refractivity contribution is -0.137. The Balaban J connectivity index is 1.65. The van der Waals surface area contributed by atoms with Crippen LogP contribution in [-0.2, 0) is 11.7 Å². The van der Waals surface area contributed by atoms with E-state index in [1.165, 1.54) is 18.3 Å². The number of amides is 1. The number of rotatable bonds is 3. The molecule has 0 aliphatic heterocycles. The summed E-state index contributed by atoms with van der Waals surface area (Å²) in [7, 11) is 0. The van der Waals surface area contributed by atoms with E-state index in [2.05, 4.69) is 15.5 Å². The Hall–Kier alpha value is -3.17. The fourth-order valence-electron chi connectivity index (χ4n) is 2.97. The third-order valence-electron chi connectivity index (χ3n) is 4.55. The summed E-state index contributed by atoms with van der Waals surface area (Å²) in [6, 6.07) is 5.15. The molecular formula is C17H12F4N4O2. The van der Waals surface area contributed by atoms with Crippen LogP contribution in [0.4, 0.5) is 17.6 Å². The normalized spacial score (nSPS) is 15.7. The number of hydrogen-bond donors (Lipinski definition) is 2. The molecule has 2 heterocycles. The quantitative estimate of drug-likeness (QED) is 0.686. The van der Waals surface area contributed by atoms with Crippen molar-refractivity contribution in [3.8, 4) is 0 Å². The number of carbonyl (C=O) groups excluding carboxylic acids is 1. The first-order valence-electron chi connectivity index (χ1n) is 7.96. The van der Waals surface area contributed by atoms with Gasteiger partial charge in [-0.1, -0.05) is 0 Å². The van der Waals surface area contributed by atoms with Crippen molar-refractivity contribution < 1.29 is 22.4 Å². The van der Waals surface area contributed by atoms with Crippen molar-refractivity contribution in [2.75, 3.05) is 0 Å². The second-order valence-corrected chi connectivity index (χ2v) is 6.44. The van der Waals surface area contributed by atoms with E-state index in [0.717, 1.165) is 16.5 Å². The van der Waals surface area contributed by atoms with Gasteiger partial charge in [-0.2, -0.15) is 18.3 Å². The van der Waals surface area contributed by atoms with Crippen LogP contribution in [0, 0.1) is 5.82 Å². The molecule has 1 aliphatic rings. The molecule has 0 spiro atoms. The monoisotopic (exact) mass is 380 g/mol. The second kappa shape index (κ2) is 5.66. The molecule has 2 N–H and O–H groups in total. The summed E-state index contributed by atoms with van der Waals surface area (Å²) < 4.78 is 53.7. The average Bonchev–Trinajstić information content (AvgIpc) is 3.30. The first-order chi connectivity index (χ1) is 12.7. The highest BCUT2D eigenvalue weighted by molar-refractivity contribution is 5.95. The summed E-state index contributed by atoms with van der Waals surface area (Å²) in [6.45, 7) is 0. The van der Waals surface area contributed by atoms with Gasteiger partial charge in [0.1, 0.15) is 5.82 Å². The van der Waals surface area contributed by atoms with Crippen LogP contribution < -0.4 is 11.0 Å². The van der Waals surface area contributed by atoms with Gasteiger partial charge < -0.3 is 5.32 Å². The van der Waals surface area contributed by atoms with Gasteiger partial charge in [-0.15, -0.1) is 0 Å². The highest BCUT2D eigenvalue weighted by atomic mass is 19.4. The van der Waals surface area contributed by atoms with Crippen LogP contribution in [0.15, 0.2) is 41.3 Å². The van der Waals surface area contributed by atoms with Gasteiger partial charge in [0.2, 0.25) is 0 Å². The maximum Gasteiger partial charge on any atom is 0.416 e. The highest BCUT2D eigenvalue weighted by Crippen LogP contribution is 2.47. The van der Waals surface area contributed by atoms with E-state index < -0.39 is 34.7 Å². The number of hydrogen-bond acceptors (Lipinski definition) is 3. The standard InChI is InChI=1S/C17H12F4N4O2/c18-12-6-10(5-11(7-12)17(19,20)21)16(3-4-16)22-14(26)9-1-2-13-23-24-15(27)25(13)8-9/h1-2,5-8H,3-4H2,(H,22,26)(H,24,27). The molecule has 3 aromatic rings. The molecule has 1 aromatic carbocycles. The number of aromatic amines is 1. The van der Waals surface area contributed by atoms with Gasteiger partial charge in [-0.25, -0.2) is 18.7 Å². The zero-order valence-corrected chi connectivity index (χ0v) is 13.6. The van der Waals surface area contributed by atoms with Crippen molar-refractivity contribution in [2.24, 2.45) is 0 Å². The maximum atomic E-state index is 13.7. The fourth-order valence-corrected chi connectivity index (χ4v) is 2.97. The predicted molar refractivity (Wildman–Crippen MR) is 85.6 cm³/mol. The van der Waals surface area contributed by atoms with Gasteiger partial charge >= 0.3 is 11.9 Å². The number of fused-ring (bicyclic) bond motifs is 1. The van der Waals surface area contributed by atoms with E-state index in [0.29, 0.717) is 24.6 Å². The Morgan fingerprint density at radius 2 is 1.96 bits per heavy atom. The lowest BCUT2D eigenvalue weighted by Gasteiger charge is -2.20. The molecule has 1 amide bonds. The number of nitrogens with zero attached hydrogens (tertiary/aromatic N) is 2. The van der Waals surface area contributed by atoms with Crippen molar-refractivity contribution in [2.45, 2.75) is 24.6 Å². The molecular weight excluding hydrogens is 368 g/mol. The van der Waals surface area contributed by atoms with Crippen molar-refractivity contribution in [3.63, 3.8) is 0 Å². The Kier molecular flexibility index (Phi) is 3.62. The van der Waals surface area contributed by atoms with Crippen molar-refractivity contribution in [1.82, 2.24) is 19.9 Å². The minimum atomic E-state index is -4.69. The van der Waals surface area contributed by atoms with Gasteiger partial charge in [0, 0.05) is 6.20 Å². The van der Waals surface area contributed by atoms with Gasteiger partial charge in [0.05, 0.1) is 16.7 Å². The third-order valence-corrected chi connectivity index (χ3v) is 4.55. The topological polar surface area (TPSA) is 79.3 Å². The molecule has 4 rings (SSSR count). The third kappa shape index (κ3) is 3.07. The van der Waals surface area contributed by atoms with E-state index in [4.69, 9.17) is 0 Å². The number of H-pyrrole nitrogens is 1. The van der Waals surface area contributed by atoms with Crippen LogP contribution in [0.1, 0.15) is 34.3 Å². The Morgan fingerprint density at radius 3 is 2.63 bits per heavy atom. The van der Waals surface area contributed by atoms with E-state index in [1.54, 1.807) is 0 Å². The van der Waals surface area contributed by atoms with Crippen LogP contribution in [0.25, 0.3) is 5.65 Å². The highest BCUT2D eigenvalue weighted by Gasteiger charge is 2.47. The summed E-state index contributed by atoms with van der Waals surface area (Å²) >= 11 is 0. The van der Waals surface area contributed by atoms with E-state index in [-0.39, 0.29) is 11.1 Å². The van der Waals surface area contributed by atoms with Gasteiger partial charge in [-0.3, -0.25) is 4.79 Å². The molecule has 0 radical (unpaired) electrons. The molecule has 0 atom stereocenters. The van der Waals surface area contributed by atoms with Crippen LogP contribution in [0.2, 0.25) is 0 Å². The zero-order chi connectivity index (χ0) is 19.4. The van der Waals surface area contributed by atoms with Gasteiger partial charge in [-0.05, 0) is 48.7 Å². The number of nitrogens with one attached hydrogen (secondary N) is 2. The van der Waals surface area contributed by atoms with Crippen molar-refractivity contribution in [1.29, 1.82) is 0 Å². The molecule has 6 nitrogen and oxygen atoms in total. The number of pyridine rings is 1. The molecule has 10 heteroatoms. The molecule has 1 saturated carbocycles. The lowest BCUT2D eigenvalue weighted by Crippen LogP contribution is -2.35. The van der Waals surface area contributed by atoms with Crippen molar-refractivity contribution in [3.05, 3.63) is 69.5 Å². The smallest absolute Gasteiger partial charge is 0.342 e. The van der Waals surface area contributed by atoms with Gasteiger partial charge in [0.25, 0.3) is 5.91 Å². The minimum absolute atomic E-state index is 0.0599. The van der Waals surface area contributed by atoms with Crippen molar-refractivity contribution >= 4 is 11.6 Å². The largest absolute Gasteiger partial charge is 0.416 e. The molecule has 140 valence electrons. The van der Waals surface area contributed by atoms with Crippen LogP contribution in [0.3, 0.4) is 0 Å². The first kappa shape index (κ1) is 17.3. The fraction of sp³-hybridized carbons (Fsp3) is 0.235. The minimum Gasteiger partial charge on any atom is -0.342 e. The summed E-state index contributed by atoms with van der Waals surface area (Å²) in [4.78, 5) is 24.2. The molecule has 1 aliphatic carbocycles. The lowest BCUT2D eigenvalue weighted by atomic mass is 10.0. The molecule has 0 bridgehead atoms. The number of alkyl halides is 3. The summed E-state index contributed by atoms with van der Waals surface area (Å²) in [5.41, 5.74) is -2.19. The Bertz CT molecular complexity index is 1110. The maximum absolute atomic E-state index is 13.7. The van der Waals surface area contributed by atoms with E-state index >= 15 is 0 Å². The van der Waals surface area contributed by atoms with Crippen LogP contribution >= 0.6 is 0 Å². The molecule has 0 unspecified atom stereocenters. The second-order valence-electron chi connectivity index (χ2n) is 6.44. The molecule has 27 heavy (non-hydrogen) atoms. The summed E-state index contributed by atoms with van der Waals surface area (Å²) in [5.74, 6) is -1.60. The Morgan fingerprint density at radius 1 is 1.22 bits per heavy atom. The first-order valence-corrected chi connectivity index (χ1v) is 7.96. The van der Waals surface area contributed by atoms with Crippen LogP contribution in [-0.4, -0.2) is 20.5 Å². The zero-order valence-electron chi connectivity index (χ0n) is 13.6. The number of carbonyl (C=O) groups is 1. The SMILES string of the molecule is O=C(NC1(c2cc(F)cc(C(F)(F)F)c2)CC1)c1ccc2n[nH]c(=O)n2c1. The summed E-state index contributed by atoms with van der Waals surface area (Å²) in [5, 5.41) is 8.64. The summed E-state index contributed by atoms with van der Waals surface area (Å²) in [6.07, 6.45) is -2.65.